The zero-order valence-electron chi connectivity index (χ0n) is 8.51. The van der Waals surface area contributed by atoms with Crippen molar-refractivity contribution in [1.29, 1.82) is 0 Å². The topological polar surface area (TPSA) is 85.1 Å². The van der Waals surface area contributed by atoms with Crippen molar-refractivity contribution in [1.82, 2.24) is 10.3 Å². The fraction of sp³-hybridized carbons (Fsp3) is 0.182. The molecular formula is C11H11N3O2. The van der Waals surface area contributed by atoms with Gasteiger partial charge in [0.05, 0.1) is 0 Å². The summed E-state index contributed by atoms with van der Waals surface area (Å²) in [5.41, 5.74) is 5.49. The minimum atomic E-state index is -0.842. The van der Waals surface area contributed by atoms with E-state index in [9.17, 15) is 9.59 Å². The Labute approximate surface area is 93.1 Å². The highest BCUT2D eigenvalue weighted by atomic mass is 16.2. The number of nitrogens with two attached hydrogens (primary N) is 1. The molecule has 1 atom stereocenters. The number of amides is 2. The predicted molar refractivity (Wildman–Crippen MR) is 58.1 cm³/mol. The van der Waals surface area contributed by atoms with Gasteiger partial charge in [-0.2, -0.15) is 0 Å². The second-order valence-electron chi connectivity index (χ2n) is 3.07. The summed E-state index contributed by atoms with van der Waals surface area (Å²) >= 11 is 0. The van der Waals surface area contributed by atoms with Gasteiger partial charge in [0.15, 0.2) is 0 Å². The van der Waals surface area contributed by atoms with E-state index in [1.807, 2.05) is 0 Å². The molecule has 1 aromatic rings. The maximum atomic E-state index is 11.6. The van der Waals surface area contributed by atoms with Crippen LogP contribution < -0.4 is 11.1 Å². The number of carbonyl (C=O) groups excluding carboxylic acids is 2. The summed E-state index contributed by atoms with van der Waals surface area (Å²) in [5, 5.41) is 2.45. The number of nitrogens with one attached hydrogen (secondary N) is 1. The molecule has 0 fully saturated rings. The Morgan fingerprint density at radius 1 is 1.50 bits per heavy atom. The van der Waals surface area contributed by atoms with Crippen molar-refractivity contribution in [2.75, 3.05) is 0 Å². The Kier molecular flexibility index (Phi) is 4.04. The lowest BCUT2D eigenvalue weighted by Crippen LogP contribution is -2.44. The number of rotatable bonds is 4. The average Bonchev–Trinajstić information content (AvgIpc) is 2.29. The molecule has 0 saturated heterocycles. The molecule has 1 aromatic heterocycles. The van der Waals surface area contributed by atoms with E-state index in [-0.39, 0.29) is 6.42 Å². The molecular weight excluding hydrogens is 206 g/mol. The summed E-state index contributed by atoms with van der Waals surface area (Å²) in [6.07, 6.45) is 8.10. The van der Waals surface area contributed by atoms with Crippen LogP contribution in [-0.4, -0.2) is 22.8 Å². The molecule has 0 aromatic carbocycles. The van der Waals surface area contributed by atoms with Gasteiger partial charge in [-0.05, 0) is 12.1 Å². The molecule has 0 unspecified atom stereocenters. The molecule has 16 heavy (non-hydrogen) atoms. The van der Waals surface area contributed by atoms with Crippen molar-refractivity contribution >= 4 is 11.8 Å². The van der Waals surface area contributed by atoms with Crippen molar-refractivity contribution in [2.45, 2.75) is 12.5 Å². The Morgan fingerprint density at radius 2 is 2.12 bits per heavy atom. The Hall–Kier alpha value is -2.35. The minimum absolute atomic E-state index is 0.0756. The lowest BCUT2D eigenvalue weighted by Gasteiger charge is -2.12. The molecule has 0 aliphatic rings. The van der Waals surface area contributed by atoms with Gasteiger partial charge in [-0.1, -0.05) is 0 Å². The van der Waals surface area contributed by atoms with Crippen LogP contribution in [0.25, 0.3) is 0 Å². The molecule has 0 bridgehead atoms. The van der Waals surface area contributed by atoms with E-state index in [1.165, 1.54) is 24.5 Å². The number of aromatic nitrogens is 1. The molecule has 3 N–H and O–H groups in total. The molecule has 2 amide bonds. The monoisotopic (exact) mass is 217 g/mol. The molecule has 0 aliphatic heterocycles. The molecule has 1 heterocycles. The first-order valence-electron chi connectivity index (χ1n) is 4.59. The van der Waals surface area contributed by atoms with Crippen molar-refractivity contribution in [3.63, 3.8) is 0 Å². The van der Waals surface area contributed by atoms with Crippen LogP contribution in [0.15, 0.2) is 24.5 Å². The number of terminal acetylenes is 1. The van der Waals surface area contributed by atoms with Crippen molar-refractivity contribution in [2.24, 2.45) is 5.73 Å². The number of hydrogen-bond donors (Lipinski definition) is 2. The second-order valence-corrected chi connectivity index (χ2v) is 3.07. The lowest BCUT2D eigenvalue weighted by atomic mass is 10.2. The minimum Gasteiger partial charge on any atom is -0.368 e. The van der Waals surface area contributed by atoms with Gasteiger partial charge in [0, 0.05) is 24.4 Å². The maximum Gasteiger partial charge on any atom is 0.252 e. The zero-order chi connectivity index (χ0) is 12.0. The molecule has 0 spiro atoms. The second kappa shape index (κ2) is 5.51. The van der Waals surface area contributed by atoms with E-state index < -0.39 is 17.9 Å². The molecule has 0 aliphatic carbocycles. The first kappa shape index (κ1) is 11.7. The molecule has 5 heteroatoms. The van der Waals surface area contributed by atoms with Crippen LogP contribution in [0.4, 0.5) is 0 Å². The van der Waals surface area contributed by atoms with Gasteiger partial charge in [0.25, 0.3) is 5.91 Å². The Balaban J connectivity index is 2.70. The van der Waals surface area contributed by atoms with Gasteiger partial charge in [-0.15, -0.1) is 12.3 Å². The quantitative estimate of drug-likeness (QED) is 0.678. The SMILES string of the molecule is C#CC[C@@H](NC(=O)c1ccncc1)C(N)=O. The van der Waals surface area contributed by atoms with E-state index in [0.29, 0.717) is 5.56 Å². The standard InChI is InChI=1S/C11H11N3O2/c1-2-3-9(10(12)15)14-11(16)8-4-6-13-7-5-8/h1,4-7,9H,3H2,(H2,12,15)(H,14,16)/t9-/m1/s1. The third kappa shape index (κ3) is 3.10. The van der Waals surface area contributed by atoms with Gasteiger partial charge >= 0.3 is 0 Å². The third-order valence-electron chi connectivity index (χ3n) is 1.91. The highest BCUT2D eigenvalue weighted by molar-refractivity contribution is 5.97. The first-order valence-corrected chi connectivity index (χ1v) is 4.59. The summed E-state index contributed by atoms with van der Waals surface area (Å²) in [7, 11) is 0. The fourth-order valence-electron chi connectivity index (χ4n) is 1.09. The fourth-order valence-corrected chi connectivity index (χ4v) is 1.09. The van der Waals surface area contributed by atoms with Crippen LogP contribution >= 0.6 is 0 Å². The predicted octanol–water partition coefficient (Wildman–Crippen LogP) is -0.311. The summed E-state index contributed by atoms with van der Waals surface area (Å²) in [6, 6.07) is 2.22. The smallest absolute Gasteiger partial charge is 0.252 e. The highest BCUT2D eigenvalue weighted by Crippen LogP contribution is 1.98. The summed E-state index contributed by atoms with van der Waals surface area (Å²) in [5.74, 6) is 1.22. The number of carbonyl (C=O) groups is 2. The first-order chi connectivity index (χ1) is 7.65. The van der Waals surface area contributed by atoms with E-state index in [4.69, 9.17) is 12.2 Å². The number of pyridine rings is 1. The Morgan fingerprint density at radius 3 is 2.62 bits per heavy atom. The zero-order valence-corrected chi connectivity index (χ0v) is 8.51. The van der Waals surface area contributed by atoms with Crippen LogP contribution in [0.3, 0.4) is 0 Å². The highest BCUT2D eigenvalue weighted by Gasteiger charge is 2.17. The van der Waals surface area contributed by atoms with Gasteiger partial charge in [-0.25, -0.2) is 0 Å². The van der Waals surface area contributed by atoms with E-state index >= 15 is 0 Å². The van der Waals surface area contributed by atoms with Crippen LogP contribution in [0, 0.1) is 12.3 Å². The summed E-state index contributed by atoms with van der Waals surface area (Å²) in [6.45, 7) is 0. The van der Waals surface area contributed by atoms with E-state index in [0.717, 1.165) is 0 Å². The van der Waals surface area contributed by atoms with Crippen molar-refractivity contribution in [3.05, 3.63) is 30.1 Å². The largest absolute Gasteiger partial charge is 0.368 e. The number of primary amides is 1. The molecule has 82 valence electrons. The number of hydrogen-bond acceptors (Lipinski definition) is 3. The Bertz CT molecular complexity index is 423. The summed E-state index contributed by atoms with van der Waals surface area (Å²) < 4.78 is 0. The summed E-state index contributed by atoms with van der Waals surface area (Å²) in [4.78, 5) is 26.3. The number of nitrogens with zero attached hydrogens (tertiary/aromatic N) is 1. The average molecular weight is 217 g/mol. The van der Waals surface area contributed by atoms with Crippen LogP contribution in [-0.2, 0) is 4.79 Å². The lowest BCUT2D eigenvalue weighted by molar-refractivity contribution is -0.119. The van der Waals surface area contributed by atoms with Crippen LogP contribution in [0.1, 0.15) is 16.8 Å². The van der Waals surface area contributed by atoms with E-state index in [1.54, 1.807) is 0 Å². The molecule has 0 radical (unpaired) electrons. The molecule has 1 rings (SSSR count). The van der Waals surface area contributed by atoms with Gasteiger partial charge in [0.1, 0.15) is 6.04 Å². The van der Waals surface area contributed by atoms with Crippen molar-refractivity contribution < 1.29 is 9.59 Å². The van der Waals surface area contributed by atoms with Gasteiger partial charge in [0.2, 0.25) is 5.91 Å². The van der Waals surface area contributed by atoms with Gasteiger partial charge < -0.3 is 11.1 Å². The molecule has 5 nitrogen and oxygen atoms in total. The van der Waals surface area contributed by atoms with Gasteiger partial charge in [-0.3, -0.25) is 14.6 Å². The van der Waals surface area contributed by atoms with Crippen molar-refractivity contribution in [3.8, 4) is 12.3 Å². The van der Waals surface area contributed by atoms with E-state index in [2.05, 4.69) is 16.2 Å². The third-order valence-corrected chi connectivity index (χ3v) is 1.91. The molecule has 0 saturated carbocycles. The normalized spacial score (nSPS) is 11.2. The van der Waals surface area contributed by atoms with Crippen LogP contribution in [0.2, 0.25) is 0 Å². The van der Waals surface area contributed by atoms with Crippen LogP contribution in [0.5, 0.6) is 0 Å². The maximum absolute atomic E-state index is 11.6.